The van der Waals surface area contributed by atoms with Crippen LogP contribution in [0.5, 0.6) is 0 Å². The van der Waals surface area contributed by atoms with Crippen LogP contribution in [-0.2, 0) is 4.79 Å². The summed E-state index contributed by atoms with van der Waals surface area (Å²) in [6, 6.07) is -0.940. The Hall–Kier alpha value is -1.63. The van der Waals surface area contributed by atoms with Gasteiger partial charge in [0.2, 0.25) is 0 Å². The molecule has 0 radical (unpaired) electrons. The van der Waals surface area contributed by atoms with Crippen LogP contribution in [0.15, 0.2) is 9.98 Å². The summed E-state index contributed by atoms with van der Waals surface area (Å²) in [5, 5.41) is 14.3. The van der Waals surface area contributed by atoms with Gasteiger partial charge in [-0.25, -0.2) is 0 Å². The molecule has 0 unspecified atom stereocenters. The van der Waals surface area contributed by atoms with E-state index >= 15 is 0 Å². The van der Waals surface area contributed by atoms with Crippen LogP contribution in [-0.4, -0.2) is 35.2 Å². The Bertz CT molecular complexity index is 298. The zero-order chi connectivity index (χ0) is 8.77. The number of hydrogen-bond acceptors (Lipinski definition) is 6. The van der Waals surface area contributed by atoms with Gasteiger partial charge in [-0.3, -0.25) is 15.1 Å². The van der Waals surface area contributed by atoms with E-state index in [1.165, 1.54) is 6.34 Å². The zero-order valence-corrected chi connectivity index (χ0v) is 5.98. The van der Waals surface area contributed by atoms with E-state index in [-0.39, 0.29) is 5.96 Å². The molecule has 0 saturated carbocycles. The van der Waals surface area contributed by atoms with Crippen molar-refractivity contribution in [1.29, 1.82) is 0 Å². The number of rotatable bonds is 0. The summed E-state index contributed by atoms with van der Waals surface area (Å²) >= 11 is 0. The molecule has 0 aliphatic carbocycles. The number of carbonyl (C=O) groups is 1. The van der Waals surface area contributed by atoms with E-state index in [1.807, 2.05) is 0 Å². The van der Waals surface area contributed by atoms with Crippen molar-refractivity contribution in [3.63, 3.8) is 0 Å². The van der Waals surface area contributed by atoms with Gasteiger partial charge in [-0.15, -0.1) is 0 Å². The van der Waals surface area contributed by atoms with Crippen molar-refractivity contribution < 1.29 is 9.90 Å². The van der Waals surface area contributed by atoms with E-state index in [4.69, 9.17) is 5.73 Å². The lowest BCUT2D eigenvalue weighted by Crippen LogP contribution is -2.61. The molecule has 0 aromatic heterocycles. The predicted octanol–water partition coefficient (Wildman–Crippen LogP) is -2.92. The van der Waals surface area contributed by atoms with Crippen LogP contribution in [0.3, 0.4) is 0 Å². The van der Waals surface area contributed by atoms with Crippen LogP contribution < -0.4 is 16.4 Å². The molecule has 2 aliphatic rings. The largest absolute Gasteiger partial charge is 0.369 e. The van der Waals surface area contributed by atoms with Gasteiger partial charge in [0.15, 0.2) is 12.0 Å². The van der Waals surface area contributed by atoms with Crippen molar-refractivity contribution in [2.24, 2.45) is 15.7 Å². The van der Waals surface area contributed by atoms with Crippen LogP contribution in [0.25, 0.3) is 0 Å². The second kappa shape index (κ2) is 1.95. The summed E-state index contributed by atoms with van der Waals surface area (Å²) in [4.78, 5) is 18.4. The minimum Gasteiger partial charge on any atom is -0.369 e. The maximum atomic E-state index is 11.1. The highest BCUT2D eigenvalue weighted by atomic mass is 16.3. The molecule has 2 heterocycles. The van der Waals surface area contributed by atoms with Crippen LogP contribution in [0.4, 0.5) is 0 Å². The number of nitrogens with two attached hydrogens (primary N) is 1. The maximum Gasteiger partial charge on any atom is 0.270 e. The Morgan fingerprint density at radius 2 is 2.50 bits per heavy atom. The van der Waals surface area contributed by atoms with Crippen LogP contribution in [0.1, 0.15) is 0 Å². The fourth-order valence-corrected chi connectivity index (χ4v) is 1.14. The molecular formula is C5H7N5O2. The summed E-state index contributed by atoms with van der Waals surface area (Å²) in [6.45, 7) is 0. The van der Waals surface area contributed by atoms with Crippen LogP contribution in [0.2, 0.25) is 0 Å². The number of aliphatic imine (C=N–C) groups is 2. The first kappa shape index (κ1) is 7.04. The summed E-state index contributed by atoms with van der Waals surface area (Å²) in [5.41, 5.74) is 5.23. The second-order valence-corrected chi connectivity index (χ2v) is 2.54. The number of fused-ring (bicyclic) bond motifs is 1. The normalized spacial score (nSPS) is 38.2. The molecule has 7 heteroatoms. The summed E-state index contributed by atoms with van der Waals surface area (Å²) in [6.07, 6.45) is 1.23. The first-order chi connectivity index (χ1) is 5.62. The third-order valence-corrected chi connectivity index (χ3v) is 1.67. The number of amides is 1. The molecule has 2 atom stereocenters. The first-order valence-electron chi connectivity index (χ1n) is 3.30. The lowest BCUT2D eigenvalue weighted by Gasteiger charge is -2.27. The average Bonchev–Trinajstić information content (AvgIpc) is 2.29. The molecule has 2 aliphatic heterocycles. The van der Waals surface area contributed by atoms with E-state index in [9.17, 15) is 9.90 Å². The molecule has 0 spiro atoms. The van der Waals surface area contributed by atoms with E-state index in [0.29, 0.717) is 0 Å². The average molecular weight is 169 g/mol. The lowest BCUT2D eigenvalue weighted by atomic mass is 10.1. The number of hydrogen-bond donors (Lipinski definition) is 4. The van der Waals surface area contributed by atoms with Crippen molar-refractivity contribution >= 4 is 18.2 Å². The van der Waals surface area contributed by atoms with Gasteiger partial charge in [0, 0.05) is 0 Å². The molecule has 5 N–H and O–H groups in total. The molecule has 0 bridgehead atoms. The number of carbonyl (C=O) groups excluding carboxylic acids is 1. The third-order valence-electron chi connectivity index (χ3n) is 1.67. The smallest absolute Gasteiger partial charge is 0.270 e. The molecule has 0 aromatic rings. The Balaban J connectivity index is 2.42. The summed E-state index contributed by atoms with van der Waals surface area (Å²) in [5.74, 6) is -2.27. The van der Waals surface area contributed by atoms with Gasteiger partial charge >= 0.3 is 0 Å². The minimum absolute atomic E-state index is 0.114. The number of aliphatic hydroxyl groups is 1. The SMILES string of the molecule is NC1=N[C@@]2(O)NC=N[C@@H]2C(=O)N1. The fraction of sp³-hybridized carbons (Fsp3) is 0.400. The molecule has 0 fully saturated rings. The highest BCUT2D eigenvalue weighted by Gasteiger charge is 2.47. The summed E-state index contributed by atoms with van der Waals surface area (Å²) in [7, 11) is 0. The molecule has 12 heavy (non-hydrogen) atoms. The van der Waals surface area contributed by atoms with Gasteiger partial charge in [-0.2, -0.15) is 4.99 Å². The van der Waals surface area contributed by atoms with E-state index in [1.54, 1.807) is 0 Å². The van der Waals surface area contributed by atoms with Crippen LogP contribution in [0, 0.1) is 0 Å². The Labute approximate surface area is 67.4 Å². The van der Waals surface area contributed by atoms with Gasteiger partial charge in [-0.05, 0) is 0 Å². The van der Waals surface area contributed by atoms with Crippen molar-refractivity contribution in [2.45, 2.75) is 11.9 Å². The second-order valence-electron chi connectivity index (χ2n) is 2.54. The molecule has 7 nitrogen and oxygen atoms in total. The number of nitrogens with zero attached hydrogens (tertiary/aromatic N) is 2. The van der Waals surface area contributed by atoms with E-state index < -0.39 is 17.8 Å². The van der Waals surface area contributed by atoms with Gasteiger partial charge in [0.25, 0.3) is 11.8 Å². The Morgan fingerprint density at radius 1 is 1.75 bits per heavy atom. The Morgan fingerprint density at radius 3 is 3.25 bits per heavy atom. The quantitative estimate of drug-likeness (QED) is 0.311. The first-order valence-corrected chi connectivity index (χ1v) is 3.30. The molecule has 1 amide bonds. The maximum absolute atomic E-state index is 11.1. The topological polar surface area (TPSA) is 112 Å². The molecular weight excluding hydrogens is 162 g/mol. The molecule has 0 aromatic carbocycles. The monoisotopic (exact) mass is 169 g/mol. The fourth-order valence-electron chi connectivity index (χ4n) is 1.14. The Kier molecular flexibility index (Phi) is 1.14. The highest BCUT2D eigenvalue weighted by molar-refractivity contribution is 6.02. The number of guanidine groups is 1. The minimum atomic E-state index is -1.69. The van der Waals surface area contributed by atoms with Crippen molar-refractivity contribution in [3.05, 3.63) is 0 Å². The highest BCUT2D eigenvalue weighted by Crippen LogP contribution is 2.18. The lowest BCUT2D eigenvalue weighted by molar-refractivity contribution is -0.127. The van der Waals surface area contributed by atoms with Crippen molar-refractivity contribution in [3.8, 4) is 0 Å². The van der Waals surface area contributed by atoms with E-state index in [0.717, 1.165) is 0 Å². The van der Waals surface area contributed by atoms with Gasteiger partial charge in [0.05, 0.1) is 6.34 Å². The van der Waals surface area contributed by atoms with Crippen molar-refractivity contribution in [2.75, 3.05) is 0 Å². The molecule has 2 rings (SSSR count). The van der Waals surface area contributed by atoms with Gasteiger partial charge in [0.1, 0.15) is 0 Å². The van der Waals surface area contributed by atoms with Gasteiger partial charge in [-0.1, -0.05) is 0 Å². The predicted molar refractivity (Wildman–Crippen MR) is 40.1 cm³/mol. The standard InChI is InChI=1S/C5H7N5O2/c6-4-9-3(11)2-5(12,10-4)8-1-7-2/h1-2,12H,(H,7,8)(H3,6,9,10,11)/t2-,5+/m1/s1. The van der Waals surface area contributed by atoms with Crippen LogP contribution >= 0.6 is 0 Å². The molecule has 0 saturated heterocycles. The van der Waals surface area contributed by atoms with Crippen molar-refractivity contribution in [1.82, 2.24) is 10.6 Å². The number of nitrogens with one attached hydrogen (secondary N) is 2. The van der Waals surface area contributed by atoms with E-state index in [2.05, 4.69) is 20.6 Å². The van der Waals surface area contributed by atoms with Gasteiger partial charge < -0.3 is 16.2 Å². The summed E-state index contributed by atoms with van der Waals surface area (Å²) < 4.78 is 0. The third kappa shape index (κ3) is 0.766. The molecule has 64 valence electrons. The zero-order valence-electron chi connectivity index (χ0n) is 5.98.